The van der Waals surface area contributed by atoms with Gasteiger partial charge in [-0.2, -0.15) is 0 Å². The molecule has 0 aliphatic carbocycles. The largest absolute Gasteiger partial charge is 0.366 e. The van der Waals surface area contributed by atoms with Crippen LogP contribution < -0.4 is 16.3 Å². The quantitative estimate of drug-likeness (QED) is 0.600. The highest BCUT2D eigenvalue weighted by atomic mass is 32.1. The zero-order valence-corrected chi connectivity index (χ0v) is 10.4. The topological polar surface area (TPSA) is 72.7 Å². The molecule has 90 valence electrons. The molecule has 0 saturated heterocycles. The number of hydrogen-bond donors (Lipinski definition) is 4. The summed E-state index contributed by atoms with van der Waals surface area (Å²) >= 11 is 5.05. The summed E-state index contributed by atoms with van der Waals surface area (Å²) in [7, 11) is 1.77. The minimum atomic E-state index is -0.191. The third-order valence-corrected chi connectivity index (χ3v) is 2.94. The fraction of sp³-hybridized carbons (Fsp3) is 0.273. The summed E-state index contributed by atoms with van der Waals surface area (Å²) in [6, 6.07) is 5.85. The molecule has 17 heavy (non-hydrogen) atoms. The van der Waals surface area contributed by atoms with Gasteiger partial charge in [0.15, 0.2) is 5.11 Å². The molecule has 1 unspecified atom stereocenters. The lowest BCUT2D eigenvalue weighted by molar-refractivity contribution is 0.710. The molecule has 2 aromatic rings. The summed E-state index contributed by atoms with van der Waals surface area (Å²) in [4.78, 5) is 16.6. The normalized spacial score (nSPS) is 12.4. The molecule has 0 bridgehead atoms. The Labute approximate surface area is 104 Å². The van der Waals surface area contributed by atoms with Gasteiger partial charge in [0, 0.05) is 7.05 Å². The van der Waals surface area contributed by atoms with Crippen LogP contribution in [-0.4, -0.2) is 22.1 Å². The van der Waals surface area contributed by atoms with Gasteiger partial charge in [0.25, 0.3) is 0 Å². The van der Waals surface area contributed by atoms with Crippen molar-refractivity contribution in [3.8, 4) is 0 Å². The molecule has 0 saturated carbocycles. The van der Waals surface area contributed by atoms with E-state index in [1.807, 2.05) is 25.1 Å². The minimum Gasteiger partial charge on any atom is -0.366 e. The van der Waals surface area contributed by atoms with Crippen molar-refractivity contribution in [1.29, 1.82) is 0 Å². The number of imidazole rings is 1. The van der Waals surface area contributed by atoms with E-state index in [2.05, 4.69) is 20.6 Å². The molecule has 1 heterocycles. The maximum absolute atomic E-state index is 11.1. The Hall–Kier alpha value is -1.82. The maximum Gasteiger partial charge on any atom is 0.323 e. The van der Waals surface area contributed by atoms with Crippen LogP contribution in [0.3, 0.4) is 0 Å². The number of benzene rings is 1. The minimum absolute atomic E-state index is 0.0813. The molecular weight excluding hydrogens is 236 g/mol. The number of hydrogen-bond acceptors (Lipinski definition) is 2. The second kappa shape index (κ2) is 4.58. The summed E-state index contributed by atoms with van der Waals surface area (Å²) in [6.07, 6.45) is 0. The first-order chi connectivity index (χ1) is 8.10. The number of aromatic nitrogens is 2. The molecule has 0 aliphatic rings. The molecule has 2 rings (SSSR count). The zero-order valence-electron chi connectivity index (χ0n) is 9.63. The molecule has 1 aromatic carbocycles. The lowest BCUT2D eigenvalue weighted by Crippen LogP contribution is -2.34. The number of aromatic amines is 2. The highest BCUT2D eigenvalue weighted by Gasteiger charge is 2.07. The second-order valence-electron chi connectivity index (χ2n) is 3.83. The van der Waals surface area contributed by atoms with Gasteiger partial charge in [0.2, 0.25) is 0 Å². The first-order valence-electron chi connectivity index (χ1n) is 5.30. The summed E-state index contributed by atoms with van der Waals surface area (Å²) in [5, 5.41) is 6.60. The van der Waals surface area contributed by atoms with Crippen LogP contribution in [0.2, 0.25) is 0 Å². The Morgan fingerprint density at radius 1 is 1.35 bits per heavy atom. The summed E-state index contributed by atoms with van der Waals surface area (Å²) in [6.45, 7) is 2.01. The highest BCUT2D eigenvalue weighted by Crippen LogP contribution is 2.16. The Bertz CT molecular complexity index is 601. The van der Waals surface area contributed by atoms with E-state index in [1.54, 1.807) is 7.05 Å². The van der Waals surface area contributed by atoms with Crippen LogP contribution in [0, 0.1) is 0 Å². The maximum atomic E-state index is 11.1. The van der Waals surface area contributed by atoms with Crippen LogP contribution in [-0.2, 0) is 0 Å². The van der Waals surface area contributed by atoms with Crippen LogP contribution in [0.15, 0.2) is 23.0 Å². The Morgan fingerprint density at radius 3 is 2.76 bits per heavy atom. The monoisotopic (exact) mass is 250 g/mol. The van der Waals surface area contributed by atoms with Crippen LogP contribution >= 0.6 is 12.2 Å². The SMILES string of the molecule is CNC(=S)NC(C)c1ccc2[nH]c(=O)[nH]c2c1. The fourth-order valence-corrected chi connectivity index (χ4v) is 1.85. The standard InChI is InChI=1S/C11H14N4OS/c1-6(13-11(17)12-2)7-3-4-8-9(5-7)15-10(16)14-8/h3-6H,1-2H3,(H2,12,13,17)(H2,14,15,16). The van der Waals surface area contributed by atoms with Crippen molar-refractivity contribution in [1.82, 2.24) is 20.6 Å². The van der Waals surface area contributed by atoms with Gasteiger partial charge in [-0.25, -0.2) is 4.79 Å². The van der Waals surface area contributed by atoms with E-state index in [4.69, 9.17) is 12.2 Å². The van der Waals surface area contributed by atoms with Gasteiger partial charge >= 0.3 is 5.69 Å². The van der Waals surface area contributed by atoms with Crippen LogP contribution in [0.25, 0.3) is 11.0 Å². The number of thiocarbonyl (C=S) groups is 1. The van der Waals surface area contributed by atoms with Crippen molar-refractivity contribution in [3.05, 3.63) is 34.2 Å². The van der Waals surface area contributed by atoms with Crippen molar-refractivity contribution in [2.24, 2.45) is 0 Å². The van der Waals surface area contributed by atoms with E-state index in [0.717, 1.165) is 16.6 Å². The average Bonchev–Trinajstić information content (AvgIpc) is 2.67. The molecule has 5 nitrogen and oxygen atoms in total. The van der Waals surface area contributed by atoms with E-state index >= 15 is 0 Å². The number of fused-ring (bicyclic) bond motifs is 1. The van der Waals surface area contributed by atoms with Crippen molar-refractivity contribution in [3.63, 3.8) is 0 Å². The molecule has 0 aliphatic heterocycles. The van der Waals surface area contributed by atoms with Gasteiger partial charge in [-0.05, 0) is 36.8 Å². The van der Waals surface area contributed by atoms with Crippen LogP contribution in [0.5, 0.6) is 0 Å². The molecule has 1 aromatic heterocycles. The van der Waals surface area contributed by atoms with Crippen LogP contribution in [0.4, 0.5) is 0 Å². The third-order valence-electron chi connectivity index (χ3n) is 2.61. The Morgan fingerprint density at radius 2 is 2.06 bits per heavy atom. The first kappa shape index (κ1) is 11.7. The number of rotatable bonds is 2. The zero-order chi connectivity index (χ0) is 12.4. The second-order valence-corrected chi connectivity index (χ2v) is 4.24. The summed E-state index contributed by atoms with van der Waals surface area (Å²) < 4.78 is 0. The molecule has 1 atom stereocenters. The molecular formula is C11H14N4OS. The summed E-state index contributed by atoms with van der Waals surface area (Å²) in [5.74, 6) is 0. The van der Waals surface area contributed by atoms with Gasteiger partial charge in [0.05, 0.1) is 17.1 Å². The highest BCUT2D eigenvalue weighted by molar-refractivity contribution is 7.80. The van der Waals surface area contributed by atoms with E-state index in [9.17, 15) is 4.79 Å². The number of H-pyrrole nitrogens is 2. The molecule has 0 amide bonds. The van der Waals surface area contributed by atoms with E-state index in [-0.39, 0.29) is 11.7 Å². The Balaban J connectivity index is 2.29. The van der Waals surface area contributed by atoms with Gasteiger partial charge in [-0.3, -0.25) is 0 Å². The summed E-state index contributed by atoms with van der Waals surface area (Å²) in [5.41, 5.74) is 2.48. The predicted molar refractivity (Wildman–Crippen MR) is 72.1 cm³/mol. The molecule has 0 fully saturated rings. The fourth-order valence-electron chi connectivity index (χ4n) is 1.67. The smallest absolute Gasteiger partial charge is 0.323 e. The molecule has 0 spiro atoms. The van der Waals surface area contributed by atoms with Gasteiger partial charge in [0.1, 0.15) is 0 Å². The molecule has 0 radical (unpaired) electrons. The van der Waals surface area contributed by atoms with E-state index in [0.29, 0.717) is 5.11 Å². The third kappa shape index (κ3) is 2.47. The molecule has 6 heteroatoms. The average molecular weight is 250 g/mol. The van der Waals surface area contributed by atoms with Crippen molar-refractivity contribution < 1.29 is 0 Å². The van der Waals surface area contributed by atoms with Gasteiger partial charge in [-0.1, -0.05) is 6.07 Å². The van der Waals surface area contributed by atoms with Crippen molar-refractivity contribution >= 4 is 28.4 Å². The van der Waals surface area contributed by atoms with Crippen molar-refractivity contribution in [2.75, 3.05) is 7.05 Å². The number of nitrogens with one attached hydrogen (secondary N) is 4. The van der Waals surface area contributed by atoms with E-state index in [1.165, 1.54) is 0 Å². The van der Waals surface area contributed by atoms with Crippen molar-refractivity contribution in [2.45, 2.75) is 13.0 Å². The molecule has 4 N–H and O–H groups in total. The van der Waals surface area contributed by atoms with Gasteiger partial charge in [-0.15, -0.1) is 0 Å². The van der Waals surface area contributed by atoms with Gasteiger partial charge < -0.3 is 20.6 Å². The van der Waals surface area contributed by atoms with E-state index < -0.39 is 0 Å². The Kier molecular flexibility index (Phi) is 3.14. The van der Waals surface area contributed by atoms with Crippen LogP contribution in [0.1, 0.15) is 18.5 Å². The lowest BCUT2D eigenvalue weighted by atomic mass is 10.1. The first-order valence-corrected chi connectivity index (χ1v) is 5.71. The lowest BCUT2D eigenvalue weighted by Gasteiger charge is -2.15. The predicted octanol–water partition coefficient (Wildman–Crippen LogP) is 1.01.